The normalized spacial score (nSPS) is 10.8. The quantitative estimate of drug-likeness (QED) is 0.506. The van der Waals surface area contributed by atoms with E-state index in [1.807, 2.05) is 0 Å². The molecule has 5 nitrogen and oxygen atoms in total. The fourth-order valence-corrected chi connectivity index (χ4v) is 3.24. The van der Waals surface area contributed by atoms with Crippen molar-refractivity contribution in [2.24, 2.45) is 0 Å². The highest BCUT2D eigenvalue weighted by molar-refractivity contribution is 5.69. The van der Waals surface area contributed by atoms with Gasteiger partial charge in [-0.1, -0.05) is 0 Å². The van der Waals surface area contributed by atoms with Crippen LogP contribution >= 0.6 is 0 Å². The number of aromatic nitrogens is 3. The van der Waals surface area contributed by atoms with Crippen LogP contribution in [0.3, 0.4) is 0 Å². The van der Waals surface area contributed by atoms with Gasteiger partial charge in [-0.3, -0.25) is 4.79 Å². The van der Waals surface area contributed by atoms with Crippen molar-refractivity contribution in [1.29, 1.82) is 5.26 Å². The molecule has 2 aromatic heterocycles. The average Bonchev–Trinajstić information content (AvgIpc) is 2.70. The predicted molar refractivity (Wildman–Crippen MR) is 97.8 cm³/mol. The van der Waals surface area contributed by atoms with Crippen LogP contribution in [0, 0.1) is 29.9 Å². The first-order valence-corrected chi connectivity index (χ1v) is 8.39. The molecule has 0 saturated carbocycles. The summed E-state index contributed by atoms with van der Waals surface area (Å²) in [6.45, 7) is 1.68. The first-order valence-electron chi connectivity index (χ1n) is 8.39. The molecule has 0 fully saturated rings. The number of rotatable bonds is 2. The SMILES string of the molecule is Cc1c(-c2ccc(F)cc2F)c(=O)c2nccc[n+]2n1-c1ccc(C#N)cc1. The minimum absolute atomic E-state index is 0.000511. The number of fused-ring (bicyclic) bond motifs is 1. The van der Waals surface area contributed by atoms with Gasteiger partial charge in [0.05, 0.1) is 28.6 Å². The summed E-state index contributed by atoms with van der Waals surface area (Å²) in [4.78, 5) is 17.2. The standard InChI is InChI=1S/C21H13F2N4O/c1-13-19(17-8-5-15(22)11-18(17)23)20(28)21-25-9-2-10-26(21)27(13)16-6-3-14(12-24)4-7-16/h2-11H,1H3/q+1. The molecule has 28 heavy (non-hydrogen) atoms. The van der Waals surface area contributed by atoms with Crippen molar-refractivity contribution in [3.8, 4) is 22.9 Å². The van der Waals surface area contributed by atoms with Gasteiger partial charge < -0.3 is 0 Å². The minimum Gasteiger partial charge on any atom is -0.280 e. The highest BCUT2D eigenvalue weighted by Crippen LogP contribution is 2.25. The summed E-state index contributed by atoms with van der Waals surface area (Å²) in [7, 11) is 0. The van der Waals surface area contributed by atoms with Crippen LogP contribution in [0.15, 0.2) is 65.7 Å². The smallest absolute Gasteiger partial charge is 0.280 e. The molecule has 0 saturated heterocycles. The van der Waals surface area contributed by atoms with Crippen molar-refractivity contribution in [3.63, 3.8) is 0 Å². The van der Waals surface area contributed by atoms with Crippen molar-refractivity contribution in [1.82, 2.24) is 9.67 Å². The zero-order chi connectivity index (χ0) is 19.8. The Bertz CT molecular complexity index is 1320. The topological polar surface area (TPSA) is 62.8 Å². The van der Waals surface area contributed by atoms with Crippen LogP contribution in [0.2, 0.25) is 0 Å². The van der Waals surface area contributed by atoms with Gasteiger partial charge in [-0.2, -0.15) is 9.94 Å². The summed E-state index contributed by atoms with van der Waals surface area (Å²) in [5.74, 6) is -1.55. The molecule has 0 atom stereocenters. The number of nitrogens with zero attached hydrogens (tertiary/aromatic N) is 4. The molecule has 136 valence electrons. The molecule has 4 aromatic rings. The van der Waals surface area contributed by atoms with E-state index in [-0.39, 0.29) is 16.8 Å². The molecular formula is C21H13F2N4O+. The van der Waals surface area contributed by atoms with E-state index in [0.29, 0.717) is 16.9 Å². The lowest BCUT2D eigenvalue weighted by atomic mass is 10.0. The molecule has 2 aromatic carbocycles. The van der Waals surface area contributed by atoms with Crippen LogP contribution in [-0.2, 0) is 0 Å². The molecular weight excluding hydrogens is 362 g/mol. The fourth-order valence-electron chi connectivity index (χ4n) is 3.24. The van der Waals surface area contributed by atoms with Gasteiger partial charge in [-0.05, 0) is 48.3 Å². The van der Waals surface area contributed by atoms with Gasteiger partial charge in [0.25, 0.3) is 5.43 Å². The molecule has 0 N–H and O–H groups in total. The Morgan fingerprint density at radius 1 is 1.14 bits per heavy atom. The van der Waals surface area contributed by atoms with Crippen molar-refractivity contribution in [2.75, 3.05) is 0 Å². The number of hydrogen-bond acceptors (Lipinski definition) is 3. The van der Waals surface area contributed by atoms with E-state index in [1.165, 1.54) is 12.3 Å². The predicted octanol–water partition coefficient (Wildman–Crippen LogP) is 3.10. The van der Waals surface area contributed by atoms with E-state index < -0.39 is 17.1 Å². The molecule has 4 rings (SSSR count). The maximum atomic E-state index is 14.5. The van der Waals surface area contributed by atoms with E-state index >= 15 is 0 Å². The Labute approximate surface area is 158 Å². The van der Waals surface area contributed by atoms with E-state index in [2.05, 4.69) is 11.1 Å². The highest BCUT2D eigenvalue weighted by atomic mass is 19.1. The number of halogens is 2. The summed E-state index contributed by atoms with van der Waals surface area (Å²) in [5, 5.41) is 9.02. The Kier molecular flexibility index (Phi) is 4.17. The van der Waals surface area contributed by atoms with E-state index in [0.717, 1.165) is 12.1 Å². The Hall–Kier alpha value is -3.92. The lowest BCUT2D eigenvalue weighted by Gasteiger charge is -2.14. The summed E-state index contributed by atoms with van der Waals surface area (Å²) in [6, 6.07) is 13.6. The molecule has 0 aliphatic heterocycles. The third-order valence-electron chi connectivity index (χ3n) is 4.49. The van der Waals surface area contributed by atoms with Crippen molar-refractivity contribution in [3.05, 3.63) is 94.0 Å². The van der Waals surface area contributed by atoms with Gasteiger partial charge in [0.1, 0.15) is 24.0 Å². The van der Waals surface area contributed by atoms with Crippen LogP contribution in [0.5, 0.6) is 0 Å². The van der Waals surface area contributed by atoms with E-state index in [4.69, 9.17) is 5.26 Å². The van der Waals surface area contributed by atoms with E-state index in [1.54, 1.807) is 52.6 Å². The van der Waals surface area contributed by atoms with E-state index in [9.17, 15) is 13.6 Å². The van der Waals surface area contributed by atoms with Gasteiger partial charge in [-0.15, -0.1) is 4.52 Å². The molecule has 0 bridgehead atoms. The summed E-state index contributed by atoms with van der Waals surface area (Å²) in [6.07, 6.45) is 3.14. The molecule has 0 aliphatic carbocycles. The van der Waals surface area contributed by atoms with Crippen LogP contribution in [0.4, 0.5) is 8.78 Å². The second-order valence-electron chi connectivity index (χ2n) is 6.17. The van der Waals surface area contributed by atoms with Gasteiger partial charge in [0.15, 0.2) is 0 Å². The summed E-state index contributed by atoms with van der Waals surface area (Å²) >= 11 is 0. The van der Waals surface area contributed by atoms with Crippen molar-refractivity contribution in [2.45, 2.75) is 6.92 Å². The molecule has 0 unspecified atom stereocenters. The Balaban J connectivity index is 2.13. The zero-order valence-corrected chi connectivity index (χ0v) is 14.7. The second kappa shape index (κ2) is 6.67. The molecule has 0 radical (unpaired) electrons. The average molecular weight is 375 g/mol. The van der Waals surface area contributed by atoms with Crippen LogP contribution < -0.4 is 9.94 Å². The second-order valence-corrected chi connectivity index (χ2v) is 6.17. The van der Waals surface area contributed by atoms with Crippen molar-refractivity contribution < 1.29 is 13.3 Å². The summed E-state index contributed by atoms with van der Waals surface area (Å²) < 4.78 is 31.1. The van der Waals surface area contributed by atoms with Gasteiger partial charge in [0, 0.05) is 17.7 Å². The zero-order valence-electron chi connectivity index (χ0n) is 14.7. The first kappa shape index (κ1) is 17.5. The number of hydrogen-bond donors (Lipinski definition) is 0. The first-order chi connectivity index (χ1) is 13.5. The third-order valence-corrected chi connectivity index (χ3v) is 4.49. The van der Waals surface area contributed by atoms with Gasteiger partial charge >= 0.3 is 5.65 Å². The van der Waals surface area contributed by atoms with Crippen LogP contribution in [0.25, 0.3) is 22.5 Å². The van der Waals surface area contributed by atoms with Crippen molar-refractivity contribution >= 4 is 5.65 Å². The highest BCUT2D eigenvalue weighted by Gasteiger charge is 2.24. The summed E-state index contributed by atoms with van der Waals surface area (Å²) in [5.41, 5.74) is 1.32. The van der Waals surface area contributed by atoms with Gasteiger partial charge in [0.2, 0.25) is 0 Å². The molecule has 7 heteroatoms. The number of nitriles is 1. The lowest BCUT2D eigenvalue weighted by Crippen LogP contribution is -2.42. The van der Waals surface area contributed by atoms with Crippen LogP contribution in [0.1, 0.15) is 11.3 Å². The molecule has 0 spiro atoms. The Morgan fingerprint density at radius 3 is 2.57 bits per heavy atom. The third kappa shape index (κ3) is 2.72. The lowest BCUT2D eigenvalue weighted by molar-refractivity contribution is -0.605. The maximum absolute atomic E-state index is 14.5. The molecule has 0 amide bonds. The fraction of sp³-hybridized carbons (Fsp3) is 0.0476. The Morgan fingerprint density at radius 2 is 1.89 bits per heavy atom. The minimum atomic E-state index is -0.827. The monoisotopic (exact) mass is 375 g/mol. The largest absolute Gasteiger partial charge is 0.395 e. The molecule has 2 heterocycles. The maximum Gasteiger partial charge on any atom is 0.395 e. The number of benzene rings is 2. The van der Waals surface area contributed by atoms with Gasteiger partial charge in [-0.25, -0.2) is 8.78 Å². The molecule has 0 aliphatic rings. The van der Waals surface area contributed by atoms with Crippen LogP contribution in [-0.4, -0.2) is 9.67 Å².